The molecule has 1 aliphatic carbocycles. The number of rotatable bonds is 7. The van der Waals surface area contributed by atoms with Crippen molar-refractivity contribution in [1.82, 2.24) is 0 Å². The number of aliphatic hydroxyl groups is 1. The van der Waals surface area contributed by atoms with Gasteiger partial charge in [-0.25, -0.2) is 0 Å². The molecule has 0 atom stereocenters. The van der Waals surface area contributed by atoms with Gasteiger partial charge < -0.3 is 14.6 Å². The van der Waals surface area contributed by atoms with Crippen LogP contribution >= 0.6 is 0 Å². The topological polar surface area (TPSA) is 38.7 Å². The average molecular weight is 264 g/mol. The minimum Gasteiger partial charge on any atom is -0.490 e. The van der Waals surface area contributed by atoms with Gasteiger partial charge in [-0.05, 0) is 49.8 Å². The summed E-state index contributed by atoms with van der Waals surface area (Å²) >= 11 is 0. The van der Waals surface area contributed by atoms with Gasteiger partial charge in [0.1, 0.15) is 0 Å². The van der Waals surface area contributed by atoms with E-state index in [9.17, 15) is 5.11 Å². The summed E-state index contributed by atoms with van der Waals surface area (Å²) in [6.07, 6.45) is 7.25. The molecule has 1 fully saturated rings. The van der Waals surface area contributed by atoms with E-state index in [1.807, 2.05) is 18.2 Å². The number of hydrogen-bond acceptors (Lipinski definition) is 3. The molecule has 0 saturated heterocycles. The molecule has 106 valence electrons. The van der Waals surface area contributed by atoms with Crippen molar-refractivity contribution < 1.29 is 14.6 Å². The highest BCUT2D eigenvalue weighted by atomic mass is 16.5. The summed E-state index contributed by atoms with van der Waals surface area (Å²) in [7, 11) is 0. The van der Waals surface area contributed by atoms with Crippen molar-refractivity contribution in [2.75, 3.05) is 6.61 Å². The Morgan fingerprint density at radius 3 is 2.68 bits per heavy atom. The molecule has 1 aromatic rings. The van der Waals surface area contributed by atoms with Gasteiger partial charge in [0.05, 0.1) is 19.3 Å². The van der Waals surface area contributed by atoms with E-state index in [-0.39, 0.29) is 6.61 Å². The molecule has 2 rings (SSSR count). The van der Waals surface area contributed by atoms with Gasteiger partial charge in [0, 0.05) is 0 Å². The van der Waals surface area contributed by atoms with Crippen LogP contribution in [0.25, 0.3) is 0 Å². The van der Waals surface area contributed by atoms with Crippen molar-refractivity contribution in [1.29, 1.82) is 0 Å². The Hall–Kier alpha value is -1.22. The van der Waals surface area contributed by atoms with E-state index in [4.69, 9.17) is 9.47 Å². The molecule has 19 heavy (non-hydrogen) atoms. The first-order valence-corrected chi connectivity index (χ1v) is 7.36. The third-order valence-electron chi connectivity index (χ3n) is 3.54. The van der Waals surface area contributed by atoms with Crippen LogP contribution in [-0.4, -0.2) is 17.8 Å². The molecule has 0 aliphatic heterocycles. The monoisotopic (exact) mass is 264 g/mol. The summed E-state index contributed by atoms with van der Waals surface area (Å²) in [5, 5.41) is 9.21. The van der Waals surface area contributed by atoms with Gasteiger partial charge in [0.15, 0.2) is 11.5 Å². The Kier molecular flexibility index (Phi) is 5.52. The lowest BCUT2D eigenvalue weighted by atomic mass is 10.2. The third kappa shape index (κ3) is 4.13. The van der Waals surface area contributed by atoms with Crippen molar-refractivity contribution in [2.45, 2.75) is 58.2 Å². The maximum atomic E-state index is 9.21. The number of aliphatic hydroxyl groups excluding tert-OH is 1. The molecule has 3 nitrogen and oxygen atoms in total. The van der Waals surface area contributed by atoms with Crippen molar-refractivity contribution in [2.24, 2.45) is 0 Å². The minimum absolute atomic E-state index is 0.0356. The minimum atomic E-state index is 0.0356. The van der Waals surface area contributed by atoms with Crippen LogP contribution in [0.2, 0.25) is 0 Å². The highest BCUT2D eigenvalue weighted by Crippen LogP contribution is 2.32. The SMILES string of the molecule is CCCCOc1cc(CO)ccc1OC1CCCC1. The lowest BCUT2D eigenvalue weighted by molar-refractivity contribution is 0.194. The molecule has 0 radical (unpaired) electrons. The van der Waals surface area contributed by atoms with E-state index in [0.717, 1.165) is 42.7 Å². The molecule has 1 aliphatic rings. The molecule has 0 heterocycles. The Morgan fingerprint density at radius 1 is 1.21 bits per heavy atom. The summed E-state index contributed by atoms with van der Waals surface area (Å²) in [6, 6.07) is 5.71. The van der Waals surface area contributed by atoms with Gasteiger partial charge in [-0.3, -0.25) is 0 Å². The summed E-state index contributed by atoms with van der Waals surface area (Å²) in [5.41, 5.74) is 0.866. The van der Waals surface area contributed by atoms with Crippen LogP contribution in [0.4, 0.5) is 0 Å². The molecule has 0 amide bonds. The first kappa shape index (κ1) is 14.2. The average Bonchev–Trinajstić information content (AvgIpc) is 2.93. The molecule has 3 heteroatoms. The Labute approximate surface area is 115 Å². The Morgan fingerprint density at radius 2 is 2.00 bits per heavy atom. The van der Waals surface area contributed by atoms with E-state index in [1.54, 1.807) is 0 Å². The van der Waals surface area contributed by atoms with Crippen LogP contribution in [0, 0.1) is 0 Å². The lowest BCUT2D eigenvalue weighted by Crippen LogP contribution is -2.12. The molecule has 0 aromatic heterocycles. The number of ether oxygens (including phenoxy) is 2. The molecule has 0 unspecified atom stereocenters. The van der Waals surface area contributed by atoms with Gasteiger partial charge in [0.2, 0.25) is 0 Å². The summed E-state index contributed by atoms with van der Waals surface area (Å²) in [6.45, 7) is 2.88. The van der Waals surface area contributed by atoms with Crippen LogP contribution < -0.4 is 9.47 Å². The zero-order valence-corrected chi connectivity index (χ0v) is 11.7. The first-order valence-electron chi connectivity index (χ1n) is 7.36. The maximum Gasteiger partial charge on any atom is 0.161 e. The smallest absolute Gasteiger partial charge is 0.161 e. The highest BCUT2D eigenvalue weighted by Gasteiger charge is 2.18. The lowest BCUT2D eigenvalue weighted by Gasteiger charge is -2.17. The summed E-state index contributed by atoms with van der Waals surface area (Å²) in [5.74, 6) is 1.59. The van der Waals surface area contributed by atoms with Crippen LogP contribution in [0.5, 0.6) is 11.5 Å². The fraction of sp³-hybridized carbons (Fsp3) is 0.625. The fourth-order valence-electron chi connectivity index (χ4n) is 2.37. The molecule has 1 aromatic carbocycles. The van der Waals surface area contributed by atoms with Crippen molar-refractivity contribution in [3.05, 3.63) is 23.8 Å². The molecule has 0 spiro atoms. The summed E-state index contributed by atoms with van der Waals surface area (Å²) in [4.78, 5) is 0. The second kappa shape index (κ2) is 7.39. The van der Waals surface area contributed by atoms with Gasteiger partial charge in [-0.1, -0.05) is 19.4 Å². The second-order valence-electron chi connectivity index (χ2n) is 5.17. The Balaban J connectivity index is 2.05. The largest absolute Gasteiger partial charge is 0.490 e. The predicted octanol–water partition coefficient (Wildman–Crippen LogP) is 3.68. The number of hydrogen-bond donors (Lipinski definition) is 1. The van der Waals surface area contributed by atoms with Crippen molar-refractivity contribution in [3.8, 4) is 11.5 Å². The second-order valence-corrected chi connectivity index (χ2v) is 5.17. The van der Waals surface area contributed by atoms with Crippen molar-refractivity contribution >= 4 is 0 Å². The molecule has 0 bridgehead atoms. The van der Waals surface area contributed by atoms with E-state index in [0.29, 0.717) is 12.7 Å². The first-order chi connectivity index (χ1) is 9.33. The van der Waals surface area contributed by atoms with Crippen LogP contribution in [-0.2, 0) is 6.61 Å². The van der Waals surface area contributed by atoms with Crippen LogP contribution in [0.1, 0.15) is 51.0 Å². The van der Waals surface area contributed by atoms with E-state index in [2.05, 4.69) is 6.92 Å². The zero-order valence-electron chi connectivity index (χ0n) is 11.7. The molecule has 1 saturated carbocycles. The van der Waals surface area contributed by atoms with Gasteiger partial charge in [-0.2, -0.15) is 0 Å². The van der Waals surface area contributed by atoms with E-state index in [1.165, 1.54) is 12.8 Å². The number of unbranched alkanes of at least 4 members (excludes halogenated alkanes) is 1. The Bertz CT molecular complexity index is 384. The number of benzene rings is 1. The summed E-state index contributed by atoms with van der Waals surface area (Å²) < 4.78 is 11.8. The van der Waals surface area contributed by atoms with E-state index < -0.39 is 0 Å². The predicted molar refractivity (Wildman–Crippen MR) is 75.7 cm³/mol. The van der Waals surface area contributed by atoms with Crippen molar-refractivity contribution in [3.63, 3.8) is 0 Å². The van der Waals surface area contributed by atoms with Crippen LogP contribution in [0.15, 0.2) is 18.2 Å². The normalized spacial score (nSPS) is 15.7. The molecule has 1 N–H and O–H groups in total. The maximum absolute atomic E-state index is 9.21. The quantitative estimate of drug-likeness (QED) is 0.763. The molecular formula is C16H24O3. The van der Waals surface area contributed by atoms with Gasteiger partial charge >= 0.3 is 0 Å². The van der Waals surface area contributed by atoms with Gasteiger partial charge in [-0.15, -0.1) is 0 Å². The van der Waals surface area contributed by atoms with Crippen LogP contribution in [0.3, 0.4) is 0 Å². The highest BCUT2D eigenvalue weighted by molar-refractivity contribution is 5.43. The standard InChI is InChI=1S/C16H24O3/c1-2-3-10-18-16-11-13(12-17)8-9-15(16)19-14-6-4-5-7-14/h8-9,11,14,17H,2-7,10,12H2,1H3. The third-order valence-corrected chi connectivity index (χ3v) is 3.54. The zero-order chi connectivity index (χ0) is 13.5. The van der Waals surface area contributed by atoms with Gasteiger partial charge in [0.25, 0.3) is 0 Å². The molecular weight excluding hydrogens is 240 g/mol. The van der Waals surface area contributed by atoms with E-state index >= 15 is 0 Å². The fourth-order valence-corrected chi connectivity index (χ4v) is 2.37.